The normalized spacial score (nSPS) is 17.1. The van der Waals surface area contributed by atoms with Crippen molar-refractivity contribution in [3.05, 3.63) is 23.9 Å². The molecule has 4 heteroatoms. The summed E-state index contributed by atoms with van der Waals surface area (Å²) in [5, 5.41) is 1.10. The van der Waals surface area contributed by atoms with E-state index in [9.17, 15) is 0 Å². The average Bonchev–Trinajstić information content (AvgIpc) is 2.30. The van der Waals surface area contributed by atoms with Crippen molar-refractivity contribution in [2.24, 2.45) is 0 Å². The van der Waals surface area contributed by atoms with E-state index >= 15 is 0 Å². The molecule has 1 aliphatic heterocycles. The Balaban J connectivity index is 2.20. The number of morpholine rings is 1. The summed E-state index contributed by atoms with van der Waals surface area (Å²) >= 11 is 1.73. The third kappa shape index (κ3) is 2.10. The fourth-order valence-electron chi connectivity index (χ4n) is 1.65. The van der Waals surface area contributed by atoms with E-state index in [1.807, 2.05) is 12.3 Å². The number of hydrogen-bond donors (Lipinski definition) is 0. The number of aromatic nitrogens is 1. The fourth-order valence-corrected chi connectivity index (χ4v) is 2.32. The van der Waals surface area contributed by atoms with Crippen molar-refractivity contribution in [2.75, 3.05) is 31.2 Å². The van der Waals surface area contributed by atoms with Crippen LogP contribution in [-0.4, -0.2) is 48.1 Å². The van der Waals surface area contributed by atoms with E-state index < -0.39 is 0 Å². The van der Waals surface area contributed by atoms with Crippen molar-refractivity contribution in [1.82, 2.24) is 4.98 Å². The van der Waals surface area contributed by atoms with Crippen LogP contribution in [0.3, 0.4) is 0 Å². The first-order valence-electron chi connectivity index (χ1n) is 4.88. The molecule has 1 saturated heterocycles. The zero-order valence-electron chi connectivity index (χ0n) is 8.15. The molecule has 2 rings (SSSR count). The third-order valence-corrected chi connectivity index (χ3v) is 3.32. The van der Waals surface area contributed by atoms with Gasteiger partial charge in [-0.05, 0) is 0 Å². The van der Waals surface area contributed by atoms with Gasteiger partial charge < -0.3 is 0 Å². The minimum atomic E-state index is 0.824. The molecule has 1 aromatic heterocycles. The van der Waals surface area contributed by atoms with Crippen LogP contribution < -0.4 is 4.90 Å². The first kappa shape index (κ1) is 10.0. The Hall–Kier alpha value is -0.532. The second-order valence-corrected chi connectivity index (χ2v) is 4.15. The van der Waals surface area contributed by atoms with Crippen LogP contribution in [0.4, 0.5) is 5.82 Å². The van der Waals surface area contributed by atoms with Crippen molar-refractivity contribution in [3.8, 4) is 0 Å². The van der Waals surface area contributed by atoms with Crippen molar-refractivity contribution in [1.29, 1.82) is 0 Å². The molecule has 0 spiro atoms. The molecule has 2 heterocycles. The molecule has 0 N–H and O–H groups in total. The standard InChI is InChI=1S/C10H15AsN2O/c11-8-9-2-1-3-12-10(9)13-4-6-14-7-5-13/h1-3H,4-8,11H2. The molecule has 0 saturated carbocycles. The van der Waals surface area contributed by atoms with Crippen molar-refractivity contribution >= 4 is 22.7 Å². The molecule has 0 radical (unpaired) electrons. The van der Waals surface area contributed by atoms with Gasteiger partial charge >= 0.3 is 92.7 Å². The Morgan fingerprint density at radius 3 is 2.93 bits per heavy atom. The van der Waals surface area contributed by atoms with Gasteiger partial charge in [-0.1, -0.05) is 0 Å². The van der Waals surface area contributed by atoms with Gasteiger partial charge in [0.05, 0.1) is 0 Å². The topological polar surface area (TPSA) is 25.4 Å². The van der Waals surface area contributed by atoms with E-state index in [0.29, 0.717) is 0 Å². The van der Waals surface area contributed by atoms with Gasteiger partial charge in [-0.15, -0.1) is 0 Å². The molecule has 1 atom stereocenters. The monoisotopic (exact) mass is 254 g/mol. The predicted molar refractivity (Wildman–Crippen MR) is 59.5 cm³/mol. The maximum absolute atomic E-state index is 5.33. The molecule has 0 aromatic carbocycles. The van der Waals surface area contributed by atoms with E-state index in [1.54, 1.807) is 16.9 Å². The summed E-state index contributed by atoms with van der Waals surface area (Å²) in [6.07, 6.45) is 1.87. The van der Waals surface area contributed by atoms with E-state index in [1.165, 1.54) is 5.56 Å². The zero-order chi connectivity index (χ0) is 9.80. The van der Waals surface area contributed by atoms with Crippen LogP contribution in [0, 0.1) is 0 Å². The van der Waals surface area contributed by atoms with Crippen LogP contribution >= 0.6 is 0 Å². The van der Waals surface area contributed by atoms with Crippen molar-refractivity contribution in [2.45, 2.75) is 5.21 Å². The second-order valence-electron chi connectivity index (χ2n) is 3.29. The van der Waals surface area contributed by atoms with E-state index in [0.717, 1.165) is 37.3 Å². The summed E-state index contributed by atoms with van der Waals surface area (Å²) in [5.74, 6) is 1.15. The van der Waals surface area contributed by atoms with Gasteiger partial charge in [0.15, 0.2) is 0 Å². The number of anilines is 1. The van der Waals surface area contributed by atoms with E-state index in [-0.39, 0.29) is 0 Å². The van der Waals surface area contributed by atoms with Crippen LogP contribution in [0.2, 0.25) is 0 Å². The van der Waals surface area contributed by atoms with Gasteiger partial charge in [0.1, 0.15) is 0 Å². The van der Waals surface area contributed by atoms with E-state index in [2.05, 4.69) is 16.0 Å². The van der Waals surface area contributed by atoms with Crippen LogP contribution in [0.5, 0.6) is 0 Å². The van der Waals surface area contributed by atoms with Gasteiger partial charge in [0.2, 0.25) is 0 Å². The SMILES string of the molecule is [AsH2]Cc1cccnc1N1CCOCC1. The Labute approximate surface area is 93.0 Å². The van der Waals surface area contributed by atoms with Crippen LogP contribution in [-0.2, 0) is 9.95 Å². The predicted octanol–water partition coefficient (Wildman–Crippen LogP) is 0.0513. The minimum absolute atomic E-state index is 0.824. The second kappa shape index (κ2) is 4.81. The quantitative estimate of drug-likeness (QED) is 0.697. The molecule has 1 aromatic rings. The Kier molecular flexibility index (Phi) is 3.44. The molecule has 0 bridgehead atoms. The molecular weight excluding hydrogens is 239 g/mol. The first-order valence-corrected chi connectivity index (χ1v) is 6.60. The van der Waals surface area contributed by atoms with Gasteiger partial charge in [-0.2, -0.15) is 0 Å². The number of ether oxygens (including phenoxy) is 1. The van der Waals surface area contributed by atoms with Crippen LogP contribution in [0.15, 0.2) is 18.3 Å². The summed E-state index contributed by atoms with van der Waals surface area (Å²) in [4.78, 5) is 6.77. The molecule has 3 nitrogen and oxygen atoms in total. The van der Waals surface area contributed by atoms with Gasteiger partial charge in [-0.25, -0.2) is 0 Å². The Bertz CT molecular complexity index is 300. The molecule has 1 unspecified atom stereocenters. The van der Waals surface area contributed by atoms with Crippen molar-refractivity contribution in [3.63, 3.8) is 0 Å². The number of hydrogen-bond acceptors (Lipinski definition) is 3. The maximum atomic E-state index is 5.33. The number of rotatable bonds is 2. The summed E-state index contributed by atoms with van der Waals surface area (Å²) in [7, 11) is 0. The van der Waals surface area contributed by atoms with Gasteiger partial charge in [0, 0.05) is 0 Å². The number of pyridine rings is 1. The van der Waals surface area contributed by atoms with Gasteiger partial charge in [0.25, 0.3) is 0 Å². The molecule has 1 aliphatic rings. The van der Waals surface area contributed by atoms with E-state index in [4.69, 9.17) is 4.74 Å². The average molecular weight is 254 g/mol. The van der Waals surface area contributed by atoms with Gasteiger partial charge in [-0.3, -0.25) is 0 Å². The third-order valence-electron chi connectivity index (χ3n) is 2.40. The first-order chi connectivity index (χ1) is 6.92. The van der Waals surface area contributed by atoms with Crippen molar-refractivity contribution < 1.29 is 4.74 Å². The summed E-state index contributed by atoms with van der Waals surface area (Å²) in [6.45, 7) is 3.59. The summed E-state index contributed by atoms with van der Waals surface area (Å²) < 4.78 is 5.33. The molecular formula is C10H15AsN2O. The molecule has 0 amide bonds. The fraction of sp³-hybridized carbons (Fsp3) is 0.500. The molecule has 1 fully saturated rings. The zero-order valence-corrected chi connectivity index (χ0v) is 10.6. The summed E-state index contributed by atoms with van der Waals surface area (Å²) in [5.41, 5.74) is 1.36. The van der Waals surface area contributed by atoms with Crippen LogP contribution in [0.25, 0.3) is 0 Å². The molecule has 14 heavy (non-hydrogen) atoms. The summed E-state index contributed by atoms with van der Waals surface area (Å²) in [6, 6.07) is 4.18. The number of nitrogens with zero attached hydrogens (tertiary/aromatic N) is 2. The molecule has 76 valence electrons. The Morgan fingerprint density at radius 2 is 2.21 bits per heavy atom. The molecule has 0 aliphatic carbocycles. The Morgan fingerprint density at radius 1 is 1.43 bits per heavy atom. The van der Waals surface area contributed by atoms with Crippen LogP contribution in [0.1, 0.15) is 5.56 Å².